The average molecular weight is 209 g/mol. The van der Waals surface area contributed by atoms with Crippen LogP contribution in [0, 0.1) is 29.1 Å². The first kappa shape index (κ1) is 10.6. The van der Waals surface area contributed by atoms with E-state index in [1.807, 2.05) is 0 Å². The predicted octanol–water partition coefficient (Wildman–Crippen LogP) is 2.43. The predicted molar refractivity (Wildman–Crippen MR) is 39.8 cm³/mol. The van der Waals surface area contributed by atoms with E-state index in [-0.39, 0.29) is 0 Å². The van der Waals surface area contributed by atoms with Crippen LogP contribution in [0.25, 0.3) is 0 Å². The van der Waals surface area contributed by atoms with Crippen LogP contribution in [0.3, 0.4) is 0 Å². The molecule has 0 aromatic heterocycles. The molecule has 0 saturated carbocycles. The standard InChI is InChI=1S/C8H4F5N/c1-14-2-3-4(9)6(11)8(13)7(12)5(3)10/h2H,1H3. The minimum absolute atomic E-state index is 0.566. The summed E-state index contributed by atoms with van der Waals surface area (Å²) in [5, 5.41) is 0. The van der Waals surface area contributed by atoms with Gasteiger partial charge in [-0.05, 0) is 0 Å². The zero-order valence-electron chi connectivity index (χ0n) is 6.91. The van der Waals surface area contributed by atoms with Crippen molar-refractivity contribution in [2.24, 2.45) is 4.99 Å². The number of hydrogen-bond acceptors (Lipinski definition) is 1. The van der Waals surface area contributed by atoms with E-state index >= 15 is 0 Å². The average Bonchev–Trinajstić information content (AvgIpc) is 2.19. The summed E-state index contributed by atoms with van der Waals surface area (Å²) in [6.07, 6.45) is 0.566. The summed E-state index contributed by atoms with van der Waals surface area (Å²) in [5.74, 6) is -9.88. The third kappa shape index (κ3) is 1.47. The highest BCUT2D eigenvalue weighted by Gasteiger charge is 2.24. The van der Waals surface area contributed by atoms with E-state index in [0.29, 0.717) is 6.21 Å². The fraction of sp³-hybridized carbons (Fsp3) is 0.125. The van der Waals surface area contributed by atoms with Crippen molar-refractivity contribution in [3.05, 3.63) is 34.6 Å². The highest BCUT2D eigenvalue weighted by atomic mass is 19.2. The Morgan fingerprint density at radius 2 is 1.14 bits per heavy atom. The van der Waals surface area contributed by atoms with Crippen molar-refractivity contribution < 1.29 is 22.0 Å². The third-order valence-corrected chi connectivity index (χ3v) is 1.50. The van der Waals surface area contributed by atoms with Gasteiger partial charge in [-0.2, -0.15) is 0 Å². The molecule has 0 aliphatic rings. The molecule has 76 valence electrons. The molecule has 1 aromatic rings. The van der Waals surface area contributed by atoms with Crippen LogP contribution in [0.1, 0.15) is 5.56 Å². The van der Waals surface area contributed by atoms with E-state index in [0.717, 1.165) is 7.05 Å². The number of nitrogens with zero attached hydrogens (tertiary/aromatic N) is 1. The maximum atomic E-state index is 12.8. The molecular formula is C8H4F5N. The largest absolute Gasteiger partial charge is 0.296 e. The van der Waals surface area contributed by atoms with E-state index in [4.69, 9.17) is 0 Å². The minimum Gasteiger partial charge on any atom is -0.296 e. The van der Waals surface area contributed by atoms with Gasteiger partial charge in [0, 0.05) is 13.3 Å². The summed E-state index contributed by atoms with van der Waals surface area (Å²) in [6, 6.07) is 0. The van der Waals surface area contributed by atoms with E-state index < -0.39 is 34.6 Å². The minimum atomic E-state index is -2.17. The summed E-state index contributed by atoms with van der Waals surface area (Å²) < 4.78 is 63.0. The Kier molecular flexibility index (Phi) is 2.83. The molecular weight excluding hydrogens is 205 g/mol. The molecule has 1 nitrogen and oxygen atoms in total. The zero-order valence-corrected chi connectivity index (χ0v) is 6.91. The molecule has 0 fully saturated rings. The van der Waals surface area contributed by atoms with Crippen molar-refractivity contribution in [1.29, 1.82) is 0 Å². The topological polar surface area (TPSA) is 12.4 Å². The van der Waals surface area contributed by atoms with Crippen molar-refractivity contribution in [3.8, 4) is 0 Å². The van der Waals surface area contributed by atoms with Gasteiger partial charge in [0.1, 0.15) is 0 Å². The quantitative estimate of drug-likeness (QED) is 0.291. The summed E-state index contributed by atoms with van der Waals surface area (Å²) >= 11 is 0. The van der Waals surface area contributed by atoms with Crippen LogP contribution in [0.4, 0.5) is 22.0 Å². The monoisotopic (exact) mass is 209 g/mol. The van der Waals surface area contributed by atoms with Crippen molar-refractivity contribution in [3.63, 3.8) is 0 Å². The highest BCUT2D eigenvalue weighted by molar-refractivity contribution is 5.80. The Morgan fingerprint density at radius 3 is 1.50 bits per heavy atom. The van der Waals surface area contributed by atoms with Gasteiger partial charge >= 0.3 is 0 Å². The fourth-order valence-corrected chi connectivity index (χ4v) is 0.864. The Labute approximate surface area is 75.9 Å². The molecule has 0 amide bonds. The molecule has 0 aliphatic carbocycles. The summed E-state index contributed by atoms with van der Waals surface area (Å²) in [6.45, 7) is 0. The van der Waals surface area contributed by atoms with Crippen LogP contribution < -0.4 is 0 Å². The first-order valence-corrected chi connectivity index (χ1v) is 3.44. The van der Waals surface area contributed by atoms with Crippen molar-refractivity contribution in [2.75, 3.05) is 7.05 Å². The number of aliphatic imine (C=N–C) groups is 1. The molecule has 0 heterocycles. The van der Waals surface area contributed by atoms with E-state index in [1.165, 1.54) is 0 Å². The van der Waals surface area contributed by atoms with Crippen molar-refractivity contribution in [2.45, 2.75) is 0 Å². The highest BCUT2D eigenvalue weighted by Crippen LogP contribution is 2.21. The molecule has 1 rings (SSSR count). The van der Waals surface area contributed by atoms with E-state index in [1.54, 1.807) is 0 Å². The third-order valence-electron chi connectivity index (χ3n) is 1.50. The molecule has 0 aliphatic heterocycles. The molecule has 0 atom stereocenters. The summed E-state index contributed by atoms with van der Waals surface area (Å²) in [5.41, 5.74) is -1.04. The van der Waals surface area contributed by atoms with Gasteiger partial charge in [0.05, 0.1) is 5.56 Å². The number of rotatable bonds is 1. The van der Waals surface area contributed by atoms with Crippen LogP contribution in [-0.2, 0) is 0 Å². The Balaban J connectivity index is 3.59. The molecule has 0 spiro atoms. The maximum Gasteiger partial charge on any atom is 0.200 e. The zero-order chi connectivity index (χ0) is 10.9. The lowest BCUT2D eigenvalue weighted by Crippen LogP contribution is -2.06. The lowest BCUT2D eigenvalue weighted by Gasteiger charge is -2.02. The van der Waals surface area contributed by atoms with Gasteiger partial charge in [-0.1, -0.05) is 0 Å². The lowest BCUT2D eigenvalue weighted by molar-refractivity contribution is 0.377. The fourth-order valence-electron chi connectivity index (χ4n) is 0.864. The van der Waals surface area contributed by atoms with Crippen molar-refractivity contribution in [1.82, 2.24) is 0 Å². The lowest BCUT2D eigenvalue weighted by atomic mass is 10.2. The second kappa shape index (κ2) is 3.73. The van der Waals surface area contributed by atoms with Crippen LogP contribution in [-0.4, -0.2) is 13.3 Å². The number of halogens is 5. The normalized spacial score (nSPS) is 11.3. The summed E-state index contributed by atoms with van der Waals surface area (Å²) in [4.78, 5) is 3.18. The Morgan fingerprint density at radius 1 is 0.786 bits per heavy atom. The van der Waals surface area contributed by atoms with Gasteiger partial charge in [-0.25, -0.2) is 22.0 Å². The molecule has 0 bridgehead atoms. The first-order valence-electron chi connectivity index (χ1n) is 3.44. The molecule has 0 unspecified atom stereocenters. The second-order valence-corrected chi connectivity index (χ2v) is 2.37. The van der Waals surface area contributed by atoms with Crippen LogP contribution >= 0.6 is 0 Å². The smallest absolute Gasteiger partial charge is 0.200 e. The molecule has 0 saturated heterocycles. The van der Waals surface area contributed by atoms with Gasteiger partial charge in [0.15, 0.2) is 23.3 Å². The van der Waals surface area contributed by atoms with Crippen molar-refractivity contribution >= 4 is 6.21 Å². The van der Waals surface area contributed by atoms with Gasteiger partial charge in [0.2, 0.25) is 5.82 Å². The first-order chi connectivity index (χ1) is 6.50. The van der Waals surface area contributed by atoms with Gasteiger partial charge < -0.3 is 0 Å². The molecule has 1 aromatic carbocycles. The van der Waals surface area contributed by atoms with Crippen LogP contribution in [0.2, 0.25) is 0 Å². The number of benzene rings is 1. The van der Waals surface area contributed by atoms with Gasteiger partial charge in [0.25, 0.3) is 0 Å². The van der Waals surface area contributed by atoms with Crippen LogP contribution in [0.5, 0.6) is 0 Å². The van der Waals surface area contributed by atoms with Gasteiger partial charge in [-0.3, -0.25) is 4.99 Å². The molecule has 14 heavy (non-hydrogen) atoms. The van der Waals surface area contributed by atoms with Gasteiger partial charge in [-0.15, -0.1) is 0 Å². The molecule has 0 radical (unpaired) electrons. The van der Waals surface area contributed by atoms with E-state index in [9.17, 15) is 22.0 Å². The Bertz CT molecular complexity index is 370. The molecule has 0 N–H and O–H groups in total. The van der Waals surface area contributed by atoms with Crippen LogP contribution in [0.15, 0.2) is 4.99 Å². The van der Waals surface area contributed by atoms with E-state index in [2.05, 4.69) is 4.99 Å². The summed E-state index contributed by atoms with van der Waals surface area (Å²) in [7, 11) is 1.15. The molecule has 6 heteroatoms. The Hall–Kier alpha value is -1.46. The maximum absolute atomic E-state index is 12.8. The SMILES string of the molecule is CN=Cc1c(F)c(F)c(F)c(F)c1F. The number of hydrogen-bond donors (Lipinski definition) is 0. The second-order valence-electron chi connectivity index (χ2n) is 2.37.